The van der Waals surface area contributed by atoms with E-state index in [2.05, 4.69) is 71.5 Å². The molecule has 1 atom stereocenters. The molecule has 0 aliphatic heterocycles. The average molecular weight is 367 g/mol. The maximum Gasteiger partial charge on any atom is 0.0577 e. The van der Waals surface area contributed by atoms with Gasteiger partial charge in [0.1, 0.15) is 0 Å². The smallest absolute Gasteiger partial charge is 0.0577 e. The summed E-state index contributed by atoms with van der Waals surface area (Å²) in [6.07, 6.45) is 1.10. The molecule has 1 N–H and O–H groups in total. The molecule has 3 heteroatoms. The van der Waals surface area contributed by atoms with E-state index in [0.29, 0.717) is 0 Å². The number of hydrogen-bond donors (Lipinski definition) is 1. The number of halogens is 2. The standard InChI is InChI=1S/C18H21BrClN/c1-4-7-21-18(14-6-5-13(3)17(20)11-14)15-8-12(2)9-16(19)10-15/h5-6,8-11,18,21H,4,7H2,1-3H3. The molecule has 1 nitrogen and oxygen atoms in total. The first-order chi connectivity index (χ1) is 10.0. The van der Waals surface area contributed by atoms with E-state index in [1.807, 2.05) is 6.92 Å². The second kappa shape index (κ2) is 7.44. The molecule has 112 valence electrons. The van der Waals surface area contributed by atoms with Crippen LogP contribution < -0.4 is 5.32 Å². The molecule has 0 aliphatic carbocycles. The molecule has 1 unspecified atom stereocenters. The summed E-state index contributed by atoms with van der Waals surface area (Å²) in [6, 6.07) is 13.0. The normalized spacial score (nSPS) is 12.4. The van der Waals surface area contributed by atoms with Gasteiger partial charge < -0.3 is 5.32 Å². The van der Waals surface area contributed by atoms with Crippen molar-refractivity contribution in [3.05, 3.63) is 68.1 Å². The van der Waals surface area contributed by atoms with E-state index in [9.17, 15) is 0 Å². The molecule has 21 heavy (non-hydrogen) atoms. The van der Waals surface area contributed by atoms with Gasteiger partial charge in [-0.05, 0) is 67.3 Å². The molecule has 0 aromatic heterocycles. The lowest BCUT2D eigenvalue weighted by molar-refractivity contribution is 0.598. The Kier molecular flexibility index (Phi) is 5.86. The molecule has 0 saturated carbocycles. The Morgan fingerprint density at radius 1 is 1.10 bits per heavy atom. The van der Waals surface area contributed by atoms with E-state index in [1.54, 1.807) is 0 Å². The van der Waals surface area contributed by atoms with Gasteiger partial charge in [-0.25, -0.2) is 0 Å². The van der Waals surface area contributed by atoms with Gasteiger partial charge in [0.25, 0.3) is 0 Å². The minimum Gasteiger partial charge on any atom is -0.306 e. The zero-order valence-electron chi connectivity index (χ0n) is 12.7. The highest BCUT2D eigenvalue weighted by molar-refractivity contribution is 9.10. The number of nitrogens with one attached hydrogen (secondary N) is 1. The summed E-state index contributed by atoms with van der Waals surface area (Å²) in [6.45, 7) is 7.30. The fraction of sp³-hybridized carbons (Fsp3) is 0.333. The maximum atomic E-state index is 6.30. The Hall–Kier alpha value is -0.830. The van der Waals surface area contributed by atoms with E-state index in [-0.39, 0.29) is 6.04 Å². The van der Waals surface area contributed by atoms with Gasteiger partial charge >= 0.3 is 0 Å². The Morgan fingerprint density at radius 2 is 1.86 bits per heavy atom. The monoisotopic (exact) mass is 365 g/mol. The molecule has 0 heterocycles. The minimum atomic E-state index is 0.166. The highest BCUT2D eigenvalue weighted by atomic mass is 79.9. The van der Waals surface area contributed by atoms with Crippen molar-refractivity contribution in [2.45, 2.75) is 33.2 Å². The molecular weight excluding hydrogens is 346 g/mol. The fourth-order valence-electron chi connectivity index (χ4n) is 2.44. The van der Waals surface area contributed by atoms with Crippen molar-refractivity contribution < 1.29 is 0 Å². The first-order valence-electron chi connectivity index (χ1n) is 7.27. The van der Waals surface area contributed by atoms with Crippen LogP contribution >= 0.6 is 27.5 Å². The summed E-state index contributed by atoms with van der Waals surface area (Å²) in [7, 11) is 0. The number of aryl methyl sites for hydroxylation is 2. The summed E-state index contributed by atoms with van der Waals surface area (Å²) in [4.78, 5) is 0. The van der Waals surface area contributed by atoms with Crippen molar-refractivity contribution in [3.63, 3.8) is 0 Å². The largest absolute Gasteiger partial charge is 0.306 e. The van der Waals surface area contributed by atoms with Crippen LogP contribution in [0.25, 0.3) is 0 Å². The van der Waals surface area contributed by atoms with Gasteiger partial charge in [0.05, 0.1) is 6.04 Å². The van der Waals surface area contributed by atoms with Crippen LogP contribution in [-0.2, 0) is 0 Å². The van der Waals surface area contributed by atoms with E-state index in [1.165, 1.54) is 16.7 Å². The van der Waals surface area contributed by atoms with Crippen molar-refractivity contribution in [1.29, 1.82) is 0 Å². The van der Waals surface area contributed by atoms with Crippen LogP contribution in [0.3, 0.4) is 0 Å². The summed E-state index contributed by atoms with van der Waals surface area (Å²) in [5, 5.41) is 4.45. The molecule has 0 amide bonds. The maximum absolute atomic E-state index is 6.30. The van der Waals surface area contributed by atoms with Gasteiger partial charge in [0.15, 0.2) is 0 Å². The second-order valence-electron chi connectivity index (χ2n) is 5.46. The number of benzene rings is 2. The van der Waals surface area contributed by atoms with Crippen molar-refractivity contribution in [2.24, 2.45) is 0 Å². The van der Waals surface area contributed by atoms with Crippen LogP contribution in [-0.4, -0.2) is 6.54 Å². The molecular formula is C18H21BrClN. The Balaban J connectivity index is 2.43. The van der Waals surface area contributed by atoms with Crippen molar-refractivity contribution >= 4 is 27.5 Å². The summed E-state index contributed by atoms with van der Waals surface area (Å²) in [5.41, 5.74) is 4.83. The van der Waals surface area contributed by atoms with Gasteiger partial charge in [-0.1, -0.05) is 52.7 Å². The van der Waals surface area contributed by atoms with E-state index >= 15 is 0 Å². The molecule has 0 saturated heterocycles. The quantitative estimate of drug-likeness (QED) is 0.704. The third-order valence-electron chi connectivity index (χ3n) is 3.53. The third kappa shape index (κ3) is 4.32. The van der Waals surface area contributed by atoms with Gasteiger partial charge in [0.2, 0.25) is 0 Å². The van der Waals surface area contributed by atoms with Crippen LogP contribution in [0.4, 0.5) is 0 Å². The number of hydrogen-bond acceptors (Lipinski definition) is 1. The van der Waals surface area contributed by atoms with Crippen LogP contribution in [0.5, 0.6) is 0 Å². The van der Waals surface area contributed by atoms with Crippen LogP contribution in [0.2, 0.25) is 5.02 Å². The number of rotatable bonds is 5. The SMILES string of the molecule is CCCNC(c1cc(C)cc(Br)c1)c1ccc(C)c(Cl)c1. The van der Waals surface area contributed by atoms with E-state index in [0.717, 1.165) is 28.0 Å². The molecule has 0 radical (unpaired) electrons. The van der Waals surface area contributed by atoms with Crippen LogP contribution in [0.15, 0.2) is 40.9 Å². The Labute approximate surface area is 140 Å². The fourth-order valence-corrected chi connectivity index (χ4v) is 3.25. The first kappa shape index (κ1) is 16.5. The lowest BCUT2D eigenvalue weighted by atomic mass is 9.96. The Bertz CT molecular complexity index is 604. The highest BCUT2D eigenvalue weighted by Gasteiger charge is 2.15. The van der Waals surface area contributed by atoms with Crippen molar-refractivity contribution in [1.82, 2.24) is 5.32 Å². The molecule has 0 bridgehead atoms. The van der Waals surface area contributed by atoms with E-state index < -0.39 is 0 Å². The molecule has 0 aliphatic rings. The Morgan fingerprint density at radius 3 is 2.48 bits per heavy atom. The summed E-state index contributed by atoms with van der Waals surface area (Å²) < 4.78 is 1.11. The molecule has 0 spiro atoms. The van der Waals surface area contributed by atoms with Crippen LogP contribution in [0, 0.1) is 13.8 Å². The summed E-state index contributed by atoms with van der Waals surface area (Å²) in [5.74, 6) is 0. The first-order valence-corrected chi connectivity index (χ1v) is 8.45. The average Bonchev–Trinajstić information content (AvgIpc) is 2.42. The lowest BCUT2D eigenvalue weighted by Crippen LogP contribution is -2.23. The van der Waals surface area contributed by atoms with Crippen molar-refractivity contribution in [3.8, 4) is 0 Å². The van der Waals surface area contributed by atoms with Gasteiger partial charge in [-0.3, -0.25) is 0 Å². The molecule has 2 rings (SSSR count). The highest BCUT2D eigenvalue weighted by Crippen LogP contribution is 2.28. The predicted molar refractivity (Wildman–Crippen MR) is 95.2 cm³/mol. The lowest BCUT2D eigenvalue weighted by Gasteiger charge is -2.21. The molecule has 0 fully saturated rings. The minimum absolute atomic E-state index is 0.166. The van der Waals surface area contributed by atoms with Crippen molar-refractivity contribution in [2.75, 3.05) is 6.54 Å². The zero-order valence-corrected chi connectivity index (χ0v) is 15.1. The van der Waals surface area contributed by atoms with E-state index in [4.69, 9.17) is 11.6 Å². The van der Waals surface area contributed by atoms with Gasteiger partial charge in [-0.2, -0.15) is 0 Å². The van der Waals surface area contributed by atoms with Crippen LogP contribution in [0.1, 0.15) is 41.6 Å². The second-order valence-corrected chi connectivity index (χ2v) is 6.78. The van der Waals surface area contributed by atoms with Gasteiger partial charge in [-0.15, -0.1) is 0 Å². The van der Waals surface area contributed by atoms with Gasteiger partial charge in [0, 0.05) is 9.50 Å². The summed E-state index contributed by atoms with van der Waals surface area (Å²) >= 11 is 9.90. The third-order valence-corrected chi connectivity index (χ3v) is 4.39. The zero-order chi connectivity index (χ0) is 15.4. The molecule has 2 aromatic rings. The topological polar surface area (TPSA) is 12.0 Å². The molecule has 2 aromatic carbocycles. The predicted octanol–water partition coefficient (Wildman–Crippen LogP) is 5.81.